The Balaban J connectivity index is 1.94. The van der Waals surface area contributed by atoms with Crippen LogP contribution in [0.25, 0.3) is 0 Å². The number of hydrogen-bond acceptors (Lipinski definition) is 3. The van der Waals surface area contributed by atoms with E-state index in [0.717, 1.165) is 10.5 Å². The van der Waals surface area contributed by atoms with Gasteiger partial charge in [-0.05, 0) is 18.1 Å². The Bertz CT molecular complexity index is 467. The van der Waals surface area contributed by atoms with Crippen molar-refractivity contribution in [2.24, 2.45) is 0 Å². The van der Waals surface area contributed by atoms with E-state index in [1.54, 1.807) is 6.08 Å². The molecule has 2 amide bonds. The maximum Gasteiger partial charge on any atom is 0.255 e. The first-order valence-corrected chi connectivity index (χ1v) is 5.83. The lowest BCUT2D eigenvalue weighted by atomic mass is 10.1. The van der Waals surface area contributed by atoms with Crippen LogP contribution in [-0.2, 0) is 20.7 Å². The number of hydrogen-bond donors (Lipinski definition) is 0. The molecule has 1 aromatic carbocycles. The van der Waals surface area contributed by atoms with Crippen molar-refractivity contribution in [3.8, 4) is 0 Å². The van der Waals surface area contributed by atoms with Gasteiger partial charge in [0.05, 0.1) is 0 Å². The van der Waals surface area contributed by atoms with Crippen molar-refractivity contribution in [2.75, 3.05) is 7.11 Å². The van der Waals surface area contributed by atoms with E-state index >= 15 is 0 Å². The van der Waals surface area contributed by atoms with Crippen LogP contribution in [0.5, 0.6) is 0 Å². The highest BCUT2D eigenvalue weighted by atomic mass is 16.5. The van der Waals surface area contributed by atoms with Gasteiger partial charge in [-0.25, -0.2) is 4.90 Å². The molecule has 1 aliphatic rings. The average Bonchev–Trinajstić information content (AvgIpc) is 2.78. The topological polar surface area (TPSA) is 46.6 Å². The first kappa shape index (κ1) is 12.5. The Kier molecular flexibility index (Phi) is 3.89. The summed E-state index contributed by atoms with van der Waals surface area (Å²) in [4.78, 5) is 24.7. The number of methoxy groups -OCH3 is 1. The van der Waals surface area contributed by atoms with Gasteiger partial charge in [-0.2, -0.15) is 0 Å². The Labute approximate surface area is 106 Å². The standard InChI is InChI=1S/C14H15NO3/c1-18-14-10-9-13(17)15(14)12(16)8-7-11-5-3-2-4-6-11/h2-6,9-10,14H,7-8H2,1H3. The summed E-state index contributed by atoms with van der Waals surface area (Å²) in [5.74, 6) is -0.513. The Morgan fingerprint density at radius 3 is 2.72 bits per heavy atom. The molecule has 2 rings (SSSR count). The predicted molar refractivity (Wildman–Crippen MR) is 66.6 cm³/mol. The van der Waals surface area contributed by atoms with Crippen molar-refractivity contribution in [1.29, 1.82) is 0 Å². The molecular weight excluding hydrogens is 230 g/mol. The number of imide groups is 1. The van der Waals surface area contributed by atoms with Crippen LogP contribution in [0, 0.1) is 0 Å². The molecule has 1 atom stereocenters. The van der Waals surface area contributed by atoms with Gasteiger partial charge in [-0.1, -0.05) is 30.3 Å². The number of benzene rings is 1. The number of amides is 2. The summed E-state index contributed by atoms with van der Waals surface area (Å²) in [7, 11) is 1.48. The molecule has 1 unspecified atom stereocenters. The third kappa shape index (κ3) is 2.65. The fourth-order valence-corrected chi connectivity index (χ4v) is 1.92. The molecule has 94 valence electrons. The predicted octanol–water partition coefficient (Wildman–Crippen LogP) is 1.52. The van der Waals surface area contributed by atoms with Gasteiger partial charge < -0.3 is 4.74 Å². The molecule has 0 spiro atoms. The van der Waals surface area contributed by atoms with E-state index in [1.165, 1.54) is 13.2 Å². The Morgan fingerprint density at radius 1 is 1.33 bits per heavy atom. The van der Waals surface area contributed by atoms with Gasteiger partial charge in [0.25, 0.3) is 5.91 Å². The van der Waals surface area contributed by atoms with E-state index in [0.29, 0.717) is 12.8 Å². The average molecular weight is 245 g/mol. The molecule has 0 saturated heterocycles. The summed E-state index contributed by atoms with van der Waals surface area (Å²) < 4.78 is 5.06. The third-order valence-electron chi connectivity index (χ3n) is 2.88. The number of nitrogens with zero attached hydrogens (tertiary/aromatic N) is 1. The summed E-state index contributed by atoms with van der Waals surface area (Å²) in [5, 5.41) is 0. The molecule has 18 heavy (non-hydrogen) atoms. The molecule has 0 bridgehead atoms. The Hall–Kier alpha value is -1.94. The van der Waals surface area contributed by atoms with Crippen molar-refractivity contribution >= 4 is 11.8 Å². The highest BCUT2D eigenvalue weighted by Crippen LogP contribution is 2.14. The van der Waals surface area contributed by atoms with Crippen molar-refractivity contribution in [1.82, 2.24) is 4.90 Å². The number of carbonyl (C=O) groups excluding carboxylic acids is 2. The first-order chi connectivity index (χ1) is 8.72. The lowest BCUT2D eigenvalue weighted by molar-refractivity contribution is -0.150. The van der Waals surface area contributed by atoms with Crippen LogP contribution >= 0.6 is 0 Å². The van der Waals surface area contributed by atoms with Crippen LogP contribution in [-0.4, -0.2) is 30.1 Å². The second kappa shape index (κ2) is 5.60. The summed E-state index contributed by atoms with van der Waals surface area (Å²) in [6.07, 6.45) is 3.33. The largest absolute Gasteiger partial charge is 0.357 e. The number of ether oxygens (including phenoxy) is 1. The molecule has 0 aromatic heterocycles. The molecular formula is C14H15NO3. The van der Waals surface area contributed by atoms with E-state index in [2.05, 4.69) is 0 Å². The molecule has 1 heterocycles. The highest BCUT2D eigenvalue weighted by molar-refractivity contribution is 6.03. The quantitative estimate of drug-likeness (QED) is 0.808. The molecule has 0 radical (unpaired) electrons. The van der Waals surface area contributed by atoms with Crippen LogP contribution < -0.4 is 0 Å². The maximum absolute atomic E-state index is 12.0. The van der Waals surface area contributed by atoms with E-state index in [1.807, 2.05) is 30.3 Å². The minimum absolute atomic E-state index is 0.208. The molecule has 0 fully saturated rings. The van der Waals surface area contributed by atoms with Crippen molar-refractivity contribution in [3.05, 3.63) is 48.0 Å². The smallest absolute Gasteiger partial charge is 0.255 e. The van der Waals surface area contributed by atoms with E-state index < -0.39 is 6.23 Å². The van der Waals surface area contributed by atoms with Crippen LogP contribution in [0.15, 0.2) is 42.5 Å². The van der Waals surface area contributed by atoms with Crippen LogP contribution in [0.4, 0.5) is 0 Å². The fourth-order valence-electron chi connectivity index (χ4n) is 1.92. The number of rotatable bonds is 4. The van der Waals surface area contributed by atoms with E-state index in [4.69, 9.17) is 4.74 Å². The van der Waals surface area contributed by atoms with Gasteiger partial charge >= 0.3 is 0 Å². The first-order valence-electron chi connectivity index (χ1n) is 5.83. The third-order valence-corrected chi connectivity index (χ3v) is 2.88. The second-order valence-corrected chi connectivity index (χ2v) is 4.07. The van der Waals surface area contributed by atoms with Crippen LogP contribution in [0.3, 0.4) is 0 Å². The Morgan fingerprint density at radius 2 is 2.06 bits per heavy atom. The van der Waals surface area contributed by atoms with Gasteiger partial charge in [-0.15, -0.1) is 0 Å². The van der Waals surface area contributed by atoms with Gasteiger partial charge in [0, 0.05) is 19.6 Å². The zero-order chi connectivity index (χ0) is 13.0. The van der Waals surface area contributed by atoms with Crippen molar-refractivity contribution < 1.29 is 14.3 Å². The van der Waals surface area contributed by atoms with Crippen molar-refractivity contribution in [2.45, 2.75) is 19.1 Å². The molecule has 0 N–H and O–H groups in total. The van der Waals surface area contributed by atoms with Crippen LogP contribution in [0.1, 0.15) is 12.0 Å². The van der Waals surface area contributed by atoms with Gasteiger partial charge in [0.15, 0.2) is 6.23 Å². The molecule has 4 nitrogen and oxygen atoms in total. The number of aryl methyl sites for hydroxylation is 1. The van der Waals surface area contributed by atoms with E-state index in [9.17, 15) is 9.59 Å². The van der Waals surface area contributed by atoms with Crippen LogP contribution in [0.2, 0.25) is 0 Å². The number of carbonyl (C=O) groups is 2. The lowest BCUT2D eigenvalue weighted by Gasteiger charge is -2.21. The molecule has 0 aliphatic carbocycles. The summed E-state index contributed by atoms with van der Waals surface area (Å²) in [5.41, 5.74) is 1.08. The second-order valence-electron chi connectivity index (χ2n) is 4.07. The van der Waals surface area contributed by atoms with Gasteiger partial charge in [0.2, 0.25) is 5.91 Å². The van der Waals surface area contributed by atoms with Gasteiger partial charge in [0.1, 0.15) is 0 Å². The summed E-state index contributed by atoms with van der Waals surface area (Å²) in [6.45, 7) is 0. The lowest BCUT2D eigenvalue weighted by Crippen LogP contribution is -2.40. The molecule has 4 heteroatoms. The minimum Gasteiger partial charge on any atom is -0.357 e. The monoisotopic (exact) mass is 245 g/mol. The SMILES string of the molecule is COC1C=CC(=O)N1C(=O)CCc1ccccc1. The highest BCUT2D eigenvalue weighted by Gasteiger charge is 2.30. The van der Waals surface area contributed by atoms with E-state index in [-0.39, 0.29) is 11.8 Å². The normalized spacial score (nSPS) is 18.4. The molecule has 1 aliphatic heterocycles. The maximum atomic E-state index is 12.0. The summed E-state index contributed by atoms with van der Waals surface area (Å²) >= 11 is 0. The minimum atomic E-state index is -0.555. The zero-order valence-corrected chi connectivity index (χ0v) is 10.2. The fraction of sp³-hybridized carbons (Fsp3) is 0.286. The molecule has 0 saturated carbocycles. The zero-order valence-electron chi connectivity index (χ0n) is 10.2. The van der Waals surface area contributed by atoms with Gasteiger partial charge in [-0.3, -0.25) is 9.59 Å². The van der Waals surface area contributed by atoms with Crippen molar-refractivity contribution in [3.63, 3.8) is 0 Å². The molecule has 1 aromatic rings. The summed E-state index contributed by atoms with van der Waals surface area (Å²) in [6, 6.07) is 9.72.